The zero-order chi connectivity index (χ0) is 8.97. The summed E-state index contributed by atoms with van der Waals surface area (Å²) in [6.45, 7) is 1.97. The van der Waals surface area contributed by atoms with Gasteiger partial charge in [-0.25, -0.2) is 0 Å². The zero-order valence-electron chi connectivity index (χ0n) is 7.12. The summed E-state index contributed by atoms with van der Waals surface area (Å²) in [5, 5.41) is 8.76. The summed E-state index contributed by atoms with van der Waals surface area (Å²) in [5.41, 5.74) is 6.87. The van der Waals surface area contributed by atoms with Crippen molar-refractivity contribution < 1.29 is 0 Å². The molecular formula is C9H13N3. The van der Waals surface area contributed by atoms with E-state index in [0.717, 1.165) is 12.0 Å². The largest absolute Gasteiger partial charge is 0.367 e. The topological polar surface area (TPSA) is 65.6 Å². The van der Waals surface area contributed by atoms with Crippen LogP contribution in [-0.4, -0.2) is 4.98 Å². The van der Waals surface area contributed by atoms with Crippen molar-refractivity contribution in [3.05, 3.63) is 24.0 Å². The molecule has 0 fully saturated rings. The van der Waals surface area contributed by atoms with E-state index in [1.54, 1.807) is 0 Å². The predicted octanol–water partition coefficient (Wildman–Crippen LogP) is 1.56. The molecule has 1 aromatic heterocycles. The van der Waals surface area contributed by atoms with Crippen molar-refractivity contribution in [1.82, 2.24) is 4.98 Å². The molecule has 0 aliphatic rings. The highest BCUT2D eigenvalue weighted by Crippen LogP contribution is 2.20. The van der Waals surface area contributed by atoms with E-state index in [-0.39, 0.29) is 12.0 Å². The second-order valence-corrected chi connectivity index (χ2v) is 2.81. The summed E-state index contributed by atoms with van der Waals surface area (Å²) in [6, 6.07) is 3.95. The van der Waals surface area contributed by atoms with Gasteiger partial charge in [-0.2, -0.15) is 5.26 Å². The van der Waals surface area contributed by atoms with E-state index in [0.29, 0.717) is 0 Å². The summed E-state index contributed by atoms with van der Waals surface area (Å²) >= 11 is 0. The Bertz CT molecular complexity index is 258. The Labute approximate surface area is 72.2 Å². The van der Waals surface area contributed by atoms with Gasteiger partial charge < -0.3 is 10.7 Å². The summed E-state index contributed by atoms with van der Waals surface area (Å²) < 4.78 is 0. The van der Waals surface area contributed by atoms with Crippen LogP contribution in [0.5, 0.6) is 0 Å². The molecular weight excluding hydrogens is 150 g/mol. The number of nitrogens with one attached hydrogen (secondary N) is 1. The highest BCUT2D eigenvalue weighted by Gasteiger charge is 2.16. The lowest BCUT2D eigenvalue weighted by Crippen LogP contribution is -2.18. The minimum atomic E-state index is -0.161. The van der Waals surface area contributed by atoms with Gasteiger partial charge in [0.25, 0.3) is 0 Å². The average Bonchev–Trinajstić information content (AvgIpc) is 2.58. The Hall–Kier alpha value is -1.27. The minimum absolute atomic E-state index is 0.0826. The van der Waals surface area contributed by atoms with Crippen molar-refractivity contribution in [2.75, 3.05) is 0 Å². The molecule has 2 atom stereocenters. The summed E-state index contributed by atoms with van der Waals surface area (Å²) in [4.78, 5) is 2.92. The first-order chi connectivity index (χ1) is 5.79. The van der Waals surface area contributed by atoms with Gasteiger partial charge >= 0.3 is 0 Å². The molecule has 0 aliphatic heterocycles. The van der Waals surface area contributed by atoms with E-state index in [9.17, 15) is 0 Å². The Morgan fingerprint density at radius 2 is 2.50 bits per heavy atom. The van der Waals surface area contributed by atoms with Crippen LogP contribution < -0.4 is 5.73 Å². The van der Waals surface area contributed by atoms with Crippen molar-refractivity contribution in [2.45, 2.75) is 19.4 Å². The number of hydrogen-bond donors (Lipinski definition) is 2. The molecule has 0 amide bonds. The van der Waals surface area contributed by atoms with Crippen molar-refractivity contribution in [2.24, 2.45) is 11.7 Å². The van der Waals surface area contributed by atoms with Crippen LogP contribution in [0.25, 0.3) is 0 Å². The first-order valence-corrected chi connectivity index (χ1v) is 4.07. The van der Waals surface area contributed by atoms with Crippen LogP contribution in [0.2, 0.25) is 0 Å². The summed E-state index contributed by atoms with van der Waals surface area (Å²) in [7, 11) is 0. The predicted molar refractivity (Wildman–Crippen MR) is 47.1 cm³/mol. The van der Waals surface area contributed by atoms with Gasteiger partial charge in [-0.3, -0.25) is 0 Å². The standard InChI is InChI=1S/C9H13N3/c1-2-7(5-10)9(11)8-3-4-12-6-8/h3-4,6-7,9,12H,2,11H2,1H3. The monoisotopic (exact) mass is 163 g/mol. The smallest absolute Gasteiger partial charge is 0.0675 e. The Kier molecular flexibility index (Phi) is 2.89. The van der Waals surface area contributed by atoms with E-state index < -0.39 is 0 Å². The van der Waals surface area contributed by atoms with Crippen LogP contribution in [0, 0.1) is 17.2 Å². The van der Waals surface area contributed by atoms with Crippen LogP contribution in [0.4, 0.5) is 0 Å². The molecule has 0 spiro atoms. The molecule has 0 saturated carbocycles. The first kappa shape index (κ1) is 8.82. The maximum Gasteiger partial charge on any atom is 0.0675 e. The Balaban J connectivity index is 2.71. The van der Waals surface area contributed by atoms with E-state index >= 15 is 0 Å². The molecule has 3 heteroatoms. The lowest BCUT2D eigenvalue weighted by atomic mass is 9.95. The number of hydrogen-bond acceptors (Lipinski definition) is 2. The normalized spacial score (nSPS) is 15.1. The van der Waals surface area contributed by atoms with Crippen LogP contribution in [0.1, 0.15) is 24.9 Å². The van der Waals surface area contributed by atoms with Crippen molar-refractivity contribution >= 4 is 0 Å². The lowest BCUT2D eigenvalue weighted by Gasteiger charge is -2.13. The highest BCUT2D eigenvalue weighted by molar-refractivity contribution is 5.16. The van der Waals surface area contributed by atoms with Crippen LogP contribution >= 0.6 is 0 Å². The summed E-state index contributed by atoms with van der Waals surface area (Å²) in [5.74, 6) is -0.0826. The van der Waals surface area contributed by atoms with Gasteiger partial charge in [0.05, 0.1) is 12.0 Å². The minimum Gasteiger partial charge on any atom is -0.367 e. The zero-order valence-corrected chi connectivity index (χ0v) is 7.12. The maximum absolute atomic E-state index is 8.76. The molecule has 2 unspecified atom stereocenters. The van der Waals surface area contributed by atoms with Crippen LogP contribution in [0.3, 0.4) is 0 Å². The molecule has 0 aromatic carbocycles. The van der Waals surface area contributed by atoms with Gasteiger partial charge in [0, 0.05) is 18.4 Å². The molecule has 3 N–H and O–H groups in total. The molecule has 0 aliphatic carbocycles. The Morgan fingerprint density at radius 1 is 1.75 bits per heavy atom. The van der Waals surface area contributed by atoms with Crippen molar-refractivity contribution in [3.63, 3.8) is 0 Å². The molecule has 3 nitrogen and oxygen atoms in total. The number of aromatic amines is 1. The fourth-order valence-corrected chi connectivity index (χ4v) is 1.20. The van der Waals surface area contributed by atoms with E-state index in [1.807, 2.05) is 25.4 Å². The van der Waals surface area contributed by atoms with Gasteiger partial charge in [0.15, 0.2) is 0 Å². The molecule has 1 heterocycles. The molecule has 1 rings (SSSR count). The van der Waals surface area contributed by atoms with E-state index in [2.05, 4.69) is 11.1 Å². The third kappa shape index (κ3) is 1.66. The van der Waals surface area contributed by atoms with Gasteiger partial charge in [-0.05, 0) is 18.1 Å². The average molecular weight is 163 g/mol. The van der Waals surface area contributed by atoms with Crippen LogP contribution in [0.15, 0.2) is 18.5 Å². The number of nitrogens with two attached hydrogens (primary N) is 1. The van der Waals surface area contributed by atoms with Gasteiger partial charge in [-0.1, -0.05) is 6.92 Å². The van der Waals surface area contributed by atoms with E-state index in [1.165, 1.54) is 0 Å². The second kappa shape index (κ2) is 3.93. The second-order valence-electron chi connectivity index (χ2n) is 2.81. The van der Waals surface area contributed by atoms with Gasteiger partial charge in [0.2, 0.25) is 0 Å². The third-order valence-corrected chi connectivity index (χ3v) is 2.05. The maximum atomic E-state index is 8.76. The fourth-order valence-electron chi connectivity index (χ4n) is 1.20. The third-order valence-electron chi connectivity index (χ3n) is 2.05. The molecule has 0 radical (unpaired) electrons. The summed E-state index contributed by atoms with van der Waals surface area (Å²) in [6.07, 6.45) is 4.45. The van der Waals surface area contributed by atoms with Crippen molar-refractivity contribution in [1.29, 1.82) is 5.26 Å². The first-order valence-electron chi connectivity index (χ1n) is 4.07. The Morgan fingerprint density at radius 3 is 2.92 bits per heavy atom. The molecule has 0 saturated heterocycles. The SMILES string of the molecule is CCC(C#N)C(N)c1cc[nH]c1. The van der Waals surface area contributed by atoms with Crippen molar-refractivity contribution in [3.8, 4) is 6.07 Å². The van der Waals surface area contributed by atoms with E-state index in [4.69, 9.17) is 11.0 Å². The molecule has 64 valence electrons. The fraction of sp³-hybridized carbons (Fsp3) is 0.444. The number of nitriles is 1. The van der Waals surface area contributed by atoms with Crippen LogP contribution in [-0.2, 0) is 0 Å². The quantitative estimate of drug-likeness (QED) is 0.710. The number of nitrogens with zero attached hydrogens (tertiary/aromatic N) is 1. The number of aromatic nitrogens is 1. The molecule has 0 bridgehead atoms. The molecule has 1 aromatic rings. The number of H-pyrrole nitrogens is 1. The van der Waals surface area contributed by atoms with Gasteiger partial charge in [0.1, 0.15) is 0 Å². The highest BCUT2D eigenvalue weighted by atomic mass is 14.7. The van der Waals surface area contributed by atoms with Gasteiger partial charge in [-0.15, -0.1) is 0 Å². The lowest BCUT2D eigenvalue weighted by molar-refractivity contribution is 0.518. The number of rotatable bonds is 3. The molecule has 12 heavy (non-hydrogen) atoms.